The van der Waals surface area contributed by atoms with Gasteiger partial charge >= 0.3 is 0 Å². The number of aryl methyl sites for hydroxylation is 1. The lowest BCUT2D eigenvalue weighted by Gasteiger charge is -2.25. The first-order valence-electron chi connectivity index (χ1n) is 10.2. The van der Waals surface area contributed by atoms with Crippen molar-refractivity contribution in [1.82, 2.24) is 4.98 Å². The number of pyridine rings is 1. The van der Waals surface area contributed by atoms with E-state index in [-0.39, 0.29) is 18.0 Å². The average Bonchev–Trinajstić information content (AvgIpc) is 2.82. The van der Waals surface area contributed by atoms with Crippen molar-refractivity contribution in [3.8, 4) is 11.5 Å². The first kappa shape index (κ1) is 21.2. The molecule has 4 rings (SSSR count). The number of amides is 1. The molecule has 162 valence electrons. The number of fused-ring (bicyclic) bond motifs is 1. The number of aromatic nitrogens is 1. The van der Waals surface area contributed by atoms with Gasteiger partial charge in [0, 0.05) is 22.3 Å². The van der Waals surface area contributed by atoms with Gasteiger partial charge in [-0.25, -0.2) is 0 Å². The maximum Gasteiger partial charge on any atom is 0.258 e. The van der Waals surface area contributed by atoms with E-state index in [1.165, 1.54) is 7.11 Å². The number of hydrogen-bond donors (Lipinski definition) is 1. The molecule has 0 spiro atoms. The Kier molecular flexibility index (Phi) is 5.94. The van der Waals surface area contributed by atoms with Crippen molar-refractivity contribution in [3.63, 3.8) is 0 Å². The number of methoxy groups -OCH3 is 2. The van der Waals surface area contributed by atoms with Crippen molar-refractivity contribution in [2.75, 3.05) is 19.1 Å². The number of rotatable bonds is 6. The summed E-state index contributed by atoms with van der Waals surface area (Å²) in [6.07, 6.45) is 0. The van der Waals surface area contributed by atoms with Crippen LogP contribution >= 0.6 is 0 Å². The van der Waals surface area contributed by atoms with Crippen molar-refractivity contribution in [2.24, 2.45) is 0 Å². The van der Waals surface area contributed by atoms with Gasteiger partial charge in [-0.2, -0.15) is 0 Å². The SMILES string of the molecule is COc1ccc(C(=O)N(Cc2cc3ccccc3[nH]c2=O)c2ccccc2C)cc1OC. The lowest BCUT2D eigenvalue weighted by Crippen LogP contribution is -2.33. The number of benzene rings is 3. The largest absolute Gasteiger partial charge is 0.493 e. The van der Waals surface area contributed by atoms with Crippen LogP contribution < -0.4 is 19.9 Å². The van der Waals surface area contributed by atoms with E-state index in [1.54, 1.807) is 30.2 Å². The lowest BCUT2D eigenvalue weighted by molar-refractivity contribution is 0.0984. The Morgan fingerprint density at radius 1 is 0.906 bits per heavy atom. The number of carbonyl (C=O) groups is 1. The third kappa shape index (κ3) is 4.07. The summed E-state index contributed by atoms with van der Waals surface area (Å²) in [5.41, 5.74) is 3.14. The zero-order valence-corrected chi connectivity index (χ0v) is 18.2. The Bertz CT molecular complexity index is 1340. The normalized spacial score (nSPS) is 10.7. The van der Waals surface area contributed by atoms with Gasteiger partial charge in [-0.3, -0.25) is 9.59 Å². The molecule has 0 aliphatic heterocycles. The van der Waals surface area contributed by atoms with Gasteiger partial charge in [-0.1, -0.05) is 36.4 Å². The van der Waals surface area contributed by atoms with Crippen LogP contribution in [0.5, 0.6) is 11.5 Å². The molecule has 3 aromatic carbocycles. The standard InChI is InChI=1S/C26H24N2O4/c1-17-8-4-7-11-22(17)28(26(30)19-12-13-23(31-2)24(15-19)32-3)16-20-14-18-9-5-6-10-21(18)27-25(20)29/h4-15H,16H2,1-3H3,(H,27,29). The molecule has 32 heavy (non-hydrogen) atoms. The zero-order chi connectivity index (χ0) is 22.7. The minimum absolute atomic E-state index is 0.123. The minimum atomic E-state index is -0.243. The van der Waals surface area contributed by atoms with E-state index < -0.39 is 0 Å². The third-order valence-electron chi connectivity index (χ3n) is 5.44. The van der Waals surface area contributed by atoms with E-state index in [4.69, 9.17) is 9.47 Å². The van der Waals surface area contributed by atoms with Crippen LogP contribution in [0.2, 0.25) is 0 Å². The van der Waals surface area contributed by atoms with Crippen LogP contribution in [-0.4, -0.2) is 25.1 Å². The molecule has 0 saturated carbocycles. The molecule has 0 bridgehead atoms. The number of ether oxygens (including phenoxy) is 2. The van der Waals surface area contributed by atoms with Crippen LogP contribution in [0.4, 0.5) is 5.69 Å². The minimum Gasteiger partial charge on any atom is -0.493 e. The number of para-hydroxylation sites is 2. The number of H-pyrrole nitrogens is 1. The van der Waals surface area contributed by atoms with Crippen molar-refractivity contribution in [3.05, 3.63) is 99.8 Å². The van der Waals surface area contributed by atoms with E-state index in [2.05, 4.69) is 4.98 Å². The summed E-state index contributed by atoms with van der Waals surface area (Å²) >= 11 is 0. The molecule has 0 aliphatic carbocycles. The average molecular weight is 428 g/mol. The molecule has 0 radical (unpaired) electrons. The quantitative estimate of drug-likeness (QED) is 0.483. The molecule has 0 fully saturated rings. The molecule has 6 nitrogen and oxygen atoms in total. The zero-order valence-electron chi connectivity index (χ0n) is 18.2. The number of nitrogens with zero attached hydrogens (tertiary/aromatic N) is 1. The fourth-order valence-corrected chi connectivity index (χ4v) is 3.74. The number of carbonyl (C=O) groups excluding carboxylic acids is 1. The van der Waals surface area contributed by atoms with Crippen LogP contribution in [0.3, 0.4) is 0 Å². The fourth-order valence-electron chi connectivity index (χ4n) is 3.74. The Morgan fingerprint density at radius 2 is 1.62 bits per heavy atom. The van der Waals surface area contributed by atoms with E-state index >= 15 is 0 Å². The van der Waals surface area contributed by atoms with Gasteiger partial charge in [-0.05, 0) is 54.3 Å². The molecule has 0 unspecified atom stereocenters. The maximum absolute atomic E-state index is 13.7. The number of anilines is 1. The van der Waals surface area contributed by atoms with Gasteiger partial charge in [0.25, 0.3) is 11.5 Å². The molecular weight excluding hydrogens is 404 g/mol. The van der Waals surface area contributed by atoms with Gasteiger partial charge < -0.3 is 19.4 Å². The monoisotopic (exact) mass is 428 g/mol. The van der Waals surface area contributed by atoms with Gasteiger partial charge in [-0.15, -0.1) is 0 Å². The molecule has 1 N–H and O–H groups in total. The Balaban J connectivity index is 1.80. The molecule has 1 heterocycles. The summed E-state index contributed by atoms with van der Waals surface area (Å²) in [6.45, 7) is 2.06. The second-order valence-electron chi connectivity index (χ2n) is 7.46. The van der Waals surface area contributed by atoms with E-state index in [0.29, 0.717) is 22.6 Å². The second kappa shape index (κ2) is 8.98. The number of nitrogens with one attached hydrogen (secondary N) is 1. The van der Waals surface area contributed by atoms with Crippen molar-refractivity contribution in [1.29, 1.82) is 0 Å². The second-order valence-corrected chi connectivity index (χ2v) is 7.46. The smallest absolute Gasteiger partial charge is 0.258 e. The van der Waals surface area contributed by atoms with Crippen LogP contribution in [-0.2, 0) is 6.54 Å². The third-order valence-corrected chi connectivity index (χ3v) is 5.44. The highest BCUT2D eigenvalue weighted by Crippen LogP contribution is 2.30. The molecule has 0 atom stereocenters. The molecule has 1 aromatic heterocycles. The van der Waals surface area contributed by atoms with Crippen molar-refractivity contribution in [2.45, 2.75) is 13.5 Å². The molecule has 1 amide bonds. The van der Waals surface area contributed by atoms with Gasteiger partial charge in [0.05, 0.1) is 20.8 Å². The molecule has 4 aromatic rings. The highest BCUT2D eigenvalue weighted by atomic mass is 16.5. The Labute approximate surface area is 186 Å². The highest BCUT2D eigenvalue weighted by Gasteiger charge is 2.22. The number of aromatic amines is 1. The van der Waals surface area contributed by atoms with Gasteiger partial charge in [0.1, 0.15) is 0 Å². The predicted molar refractivity (Wildman–Crippen MR) is 126 cm³/mol. The van der Waals surface area contributed by atoms with Crippen LogP contribution in [0.25, 0.3) is 10.9 Å². The van der Waals surface area contributed by atoms with Crippen LogP contribution in [0, 0.1) is 6.92 Å². The first-order chi connectivity index (χ1) is 15.5. The Hall–Kier alpha value is -4.06. The first-order valence-corrected chi connectivity index (χ1v) is 10.2. The summed E-state index contributed by atoms with van der Waals surface area (Å²) in [4.78, 5) is 31.0. The van der Waals surface area contributed by atoms with Gasteiger partial charge in [0.2, 0.25) is 0 Å². The summed E-state index contributed by atoms with van der Waals surface area (Å²) in [6, 6.07) is 22.1. The number of hydrogen-bond acceptors (Lipinski definition) is 4. The van der Waals surface area contributed by atoms with Gasteiger partial charge in [0.15, 0.2) is 11.5 Å². The van der Waals surface area contributed by atoms with Crippen molar-refractivity contribution >= 4 is 22.5 Å². The summed E-state index contributed by atoms with van der Waals surface area (Å²) in [5.74, 6) is 0.761. The molecule has 0 saturated heterocycles. The predicted octanol–water partition coefficient (Wildman–Crippen LogP) is 4.70. The maximum atomic E-state index is 13.7. The van der Waals surface area contributed by atoms with Crippen molar-refractivity contribution < 1.29 is 14.3 Å². The van der Waals surface area contributed by atoms with E-state index in [1.807, 2.05) is 61.5 Å². The van der Waals surface area contributed by atoms with E-state index in [0.717, 1.165) is 22.2 Å². The molecular formula is C26H24N2O4. The topological polar surface area (TPSA) is 71.6 Å². The lowest BCUT2D eigenvalue weighted by atomic mass is 10.1. The summed E-state index contributed by atoms with van der Waals surface area (Å²) < 4.78 is 10.7. The fraction of sp³-hybridized carbons (Fsp3) is 0.154. The van der Waals surface area contributed by atoms with Crippen LogP contribution in [0.1, 0.15) is 21.5 Å². The van der Waals surface area contributed by atoms with Crippen LogP contribution in [0.15, 0.2) is 77.6 Å². The summed E-state index contributed by atoms with van der Waals surface area (Å²) in [7, 11) is 3.07. The summed E-state index contributed by atoms with van der Waals surface area (Å²) in [5, 5.41) is 0.908. The Morgan fingerprint density at radius 3 is 2.38 bits per heavy atom. The highest BCUT2D eigenvalue weighted by molar-refractivity contribution is 6.06. The van der Waals surface area contributed by atoms with E-state index in [9.17, 15) is 9.59 Å². The molecule has 0 aliphatic rings. The molecule has 6 heteroatoms.